The molecule has 3 rings (SSSR count). The van der Waals surface area contributed by atoms with Crippen LogP contribution in [0.4, 0.5) is 0 Å². The third-order valence-corrected chi connectivity index (χ3v) is 4.05. The van der Waals surface area contributed by atoms with Gasteiger partial charge in [-0.25, -0.2) is 0 Å². The van der Waals surface area contributed by atoms with Crippen molar-refractivity contribution in [2.45, 2.75) is 13.3 Å². The van der Waals surface area contributed by atoms with Gasteiger partial charge in [0.05, 0.1) is 5.70 Å². The molecule has 0 unspecified atom stereocenters. The largest absolute Gasteiger partial charge is 0.378 e. The van der Waals surface area contributed by atoms with Crippen molar-refractivity contribution >= 4 is 11.1 Å². The summed E-state index contributed by atoms with van der Waals surface area (Å²) < 4.78 is 0. The number of nitrogens with one attached hydrogen (secondary N) is 1. The van der Waals surface area contributed by atoms with Crippen LogP contribution in [0.15, 0.2) is 60.8 Å². The van der Waals surface area contributed by atoms with E-state index in [-0.39, 0.29) is 0 Å². The Morgan fingerprint density at radius 3 is 2.45 bits per heavy atom. The Morgan fingerprint density at radius 2 is 1.77 bits per heavy atom. The Hall–Kier alpha value is -2.72. The van der Waals surface area contributed by atoms with E-state index in [1.807, 2.05) is 6.92 Å². The highest BCUT2D eigenvalue weighted by Crippen LogP contribution is 2.31. The zero-order chi connectivity index (χ0) is 15.5. The zero-order valence-corrected chi connectivity index (χ0v) is 12.8. The molecule has 22 heavy (non-hydrogen) atoms. The molecule has 0 spiro atoms. The lowest BCUT2D eigenvalue weighted by atomic mass is 9.94. The van der Waals surface area contributed by atoms with Gasteiger partial charge in [0.1, 0.15) is 0 Å². The van der Waals surface area contributed by atoms with Crippen LogP contribution in [-0.4, -0.2) is 6.54 Å². The molecule has 0 saturated carbocycles. The minimum absolute atomic E-state index is 0.926. The second-order valence-corrected chi connectivity index (χ2v) is 5.58. The van der Waals surface area contributed by atoms with Crippen molar-refractivity contribution < 1.29 is 0 Å². The molecular weight excluding hydrogens is 266 g/mol. The molecule has 1 heteroatoms. The molecule has 108 valence electrons. The van der Waals surface area contributed by atoms with Crippen LogP contribution < -0.4 is 5.32 Å². The molecule has 0 aromatic heterocycles. The fourth-order valence-corrected chi connectivity index (χ4v) is 2.93. The van der Waals surface area contributed by atoms with Gasteiger partial charge < -0.3 is 5.32 Å². The highest BCUT2D eigenvalue weighted by Gasteiger charge is 2.14. The smallest absolute Gasteiger partial charge is 0.0889 e. The van der Waals surface area contributed by atoms with Crippen molar-refractivity contribution in [1.29, 1.82) is 0 Å². The fraction of sp³-hybridized carbons (Fsp3) is 0.143. The first kappa shape index (κ1) is 14.2. The molecule has 0 bridgehead atoms. The predicted molar refractivity (Wildman–Crippen MR) is 95.0 cm³/mol. The standard InChI is InChI=1S/C21H19N/c1-4-21-20(13-14-22-21)17-11-9-16(10-12-17)19-8-6-5-7-18(19)15(2)3/h1,5-12,22H,2,13-14H2,3H3. The summed E-state index contributed by atoms with van der Waals surface area (Å²) in [6, 6.07) is 17.0. The Morgan fingerprint density at radius 1 is 1.09 bits per heavy atom. The van der Waals surface area contributed by atoms with Crippen molar-refractivity contribution in [3.8, 4) is 23.5 Å². The SMILES string of the molecule is C#CC1=C(c2ccc(-c3ccccc3C(=C)C)cc2)CCN1. The third kappa shape index (κ3) is 2.56. The average Bonchev–Trinajstić information content (AvgIpc) is 3.03. The summed E-state index contributed by atoms with van der Waals surface area (Å²) in [6.07, 6.45) is 6.54. The molecule has 0 saturated heterocycles. The van der Waals surface area contributed by atoms with E-state index in [2.05, 4.69) is 66.3 Å². The van der Waals surface area contributed by atoms with E-state index in [1.165, 1.54) is 27.8 Å². The first-order valence-corrected chi connectivity index (χ1v) is 7.50. The quantitative estimate of drug-likeness (QED) is 0.804. The molecule has 0 aliphatic carbocycles. The van der Waals surface area contributed by atoms with Crippen LogP contribution in [0, 0.1) is 12.3 Å². The Balaban J connectivity index is 2.00. The monoisotopic (exact) mass is 285 g/mol. The molecular formula is C21H19N. The number of allylic oxidation sites excluding steroid dienone is 2. The van der Waals surface area contributed by atoms with Crippen LogP contribution in [0.3, 0.4) is 0 Å². The van der Waals surface area contributed by atoms with Crippen LogP contribution in [0.1, 0.15) is 24.5 Å². The first-order valence-electron chi connectivity index (χ1n) is 7.50. The van der Waals surface area contributed by atoms with Gasteiger partial charge in [-0.3, -0.25) is 0 Å². The van der Waals surface area contributed by atoms with E-state index in [9.17, 15) is 0 Å². The number of rotatable bonds is 3. The van der Waals surface area contributed by atoms with Gasteiger partial charge in [-0.1, -0.05) is 66.6 Å². The summed E-state index contributed by atoms with van der Waals surface area (Å²) in [5.41, 5.74) is 8.07. The lowest BCUT2D eigenvalue weighted by Crippen LogP contribution is -2.04. The maximum atomic E-state index is 5.56. The zero-order valence-electron chi connectivity index (χ0n) is 12.8. The molecule has 1 nitrogen and oxygen atoms in total. The van der Waals surface area contributed by atoms with Crippen LogP contribution in [0.5, 0.6) is 0 Å². The lowest BCUT2D eigenvalue weighted by Gasteiger charge is -2.10. The third-order valence-electron chi connectivity index (χ3n) is 4.05. The normalized spacial score (nSPS) is 13.6. The Bertz CT molecular complexity index is 785. The van der Waals surface area contributed by atoms with Crippen LogP contribution in [0.25, 0.3) is 22.3 Å². The minimum atomic E-state index is 0.926. The van der Waals surface area contributed by atoms with Crippen molar-refractivity contribution in [2.24, 2.45) is 0 Å². The fourth-order valence-electron chi connectivity index (χ4n) is 2.93. The number of hydrogen-bond acceptors (Lipinski definition) is 1. The molecule has 2 aromatic rings. The van der Waals surface area contributed by atoms with E-state index >= 15 is 0 Å². The topological polar surface area (TPSA) is 12.0 Å². The highest BCUT2D eigenvalue weighted by atomic mass is 14.9. The molecule has 1 aliphatic rings. The van der Waals surface area contributed by atoms with E-state index in [1.54, 1.807) is 0 Å². The maximum absolute atomic E-state index is 5.56. The molecule has 1 aliphatic heterocycles. The van der Waals surface area contributed by atoms with Gasteiger partial charge in [0.2, 0.25) is 0 Å². The van der Waals surface area contributed by atoms with Crippen molar-refractivity contribution in [2.75, 3.05) is 6.54 Å². The minimum Gasteiger partial charge on any atom is -0.378 e. The molecule has 2 aromatic carbocycles. The van der Waals surface area contributed by atoms with Gasteiger partial charge in [0.25, 0.3) is 0 Å². The Labute approximate surface area is 132 Å². The molecule has 0 radical (unpaired) electrons. The summed E-state index contributed by atoms with van der Waals surface area (Å²) in [7, 11) is 0. The highest BCUT2D eigenvalue weighted by molar-refractivity contribution is 5.81. The molecule has 1 heterocycles. The number of hydrogen-bond donors (Lipinski definition) is 1. The van der Waals surface area contributed by atoms with Crippen LogP contribution in [-0.2, 0) is 0 Å². The van der Waals surface area contributed by atoms with Crippen molar-refractivity contribution in [1.82, 2.24) is 5.32 Å². The predicted octanol–water partition coefficient (Wildman–Crippen LogP) is 4.72. The molecule has 1 N–H and O–H groups in total. The average molecular weight is 285 g/mol. The first-order chi connectivity index (χ1) is 10.7. The van der Waals surface area contributed by atoms with Gasteiger partial charge in [-0.05, 0) is 41.2 Å². The Kier molecular flexibility index (Phi) is 3.85. The van der Waals surface area contributed by atoms with E-state index in [4.69, 9.17) is 6.42 Å². The van der Waals surface area contributed by atoms with Gasteiger partial charge in [0.15, 0.2) is 0 Å². The van der Waals surface area contributed by atoms with Crippen molar-refractivity contribution in [3.05, 3.63) is 71.9 Å². The van der Waals surface area contributed by atoms with Gasteiger partial charge in [-0.15, -0.1) is 6.42 Å². The summed E-state index contributed by atoms with van der Waals surface area (Å²) in [4.78, 5) is 0. The number of benzene rings is 2. The summed E-state index contributed by atoms with van der Waals surface area (Å²) >= 11 is 0. The van der Waals surface area contributed by atoms with E-state index in [0.29, 0.717) is 0 Å². The lowest BCUT2D eigenvalue weighted by molar-refractivity contribution is 0.899. The summed E-state index contributed by atoms with van der Waals surface area (Å²) in [5.74, 6) is 2.74. The number of terminal acetylenes is 1. The summed E-state index contributed by atoms with van der Waals surface area (Å²) in [5, 5.41) is 3.26. The molecule has 0 fully saturated rings. The van der Waals surface area contributed by atoms with Gasteiger partial charge in [0, 0.05) is 6.54 Å². The van der Waals surface area contributed by atoms with Gasteiger partial charge in [-0.2, -0.15) is 0 Å². The summed E-state index contributed by atoms with van der Waals surface area (Å²) in [6.45, 7) is 7.04. The van der Waals surface area contributed by atoms with Crippen molar-refractivity contribution in [3.63, 3.8) is 0 Å². The van der Waals surface area contributed by atoms with Crippen LogP contribution in [0.2, 0.25) is 0 Å². The molecule has 0 amide bonds. The second kappa shape index (κ2) is 5.95. The van der Waals surface area contributed by atoms with Gasteiger partial charge >= 0.3 is 0 Å². The second-order valence-electron chi connectivity index (χ2n) is 5.58. The van der Waals surface area contributed by atoms with Crippen LogP contribution >= 0.6 is 0 Å². The molecule has 0 atom stereocenters. The van der Waals surface area contributed by atoms with E-state index in [0.717, 1.165) is 24.2 Å². The maximum Gasteiger partial charge on any atom is 0.0889 e. The van der Waals surface area contributed by atoms with E-state index < -0.39 is 0 Å².